The van der Waals surface area contributed by atoms with E-state index in [0.29, 0.717) is 5.92 Å². The van der Waals surface area contributed by atoms with Gasteiger partial charge in [-0.05, 0) is 12.8 Å². The average Bonchev–Trinajstić information content (AvgIpc) is 2.29. The van der Waals surface area contributed by atoms with Crippen molar-refractivity contribution >= 4 is 0 Å². The van der Waals surface area contributed by atoms with Gasteiger partial charge in [0.05, 0.1) is 0 Å². The van der Waals surface area contributed by atoms with Crippen LogP contribution in [0.5, 0.6) is 0 Å². The van der Waals surface area contributed by atoms with Crippen molar-refractivity contribution < 1.29 is 4.74 Å². The van der Waals surface area contributed by atoms with Gasteiger partial charge in [0, 0.05) is 19.1 Å². The highest BCUT2D eigenvalue weighted by Gasteiger charge is 1.88. The Labute approximate surface area is 103 Å². The second kappa shape index (κ2) is 16.9. The van der Waals surface area contributed by atoms with Gasteiger partial charge in [-0.2, -0.15) is 0 Å². The van der Waals surface area contributed by atoms with Gasteiger partial charge in [-0.25, -0.2) is 0 Å². The molecule has 0 fully saturated rings. The van der Waals surface area contributed by atoms with Crippen LogP contribution < -0.4 is 0 Å². The first-order valence-electron chi connectivity index (χ1n) is 6.72. The minimum atomic E-state index is 0.412. The van der Waals surface area contributed by atoms with Gasteiger partial charge in [-0.3, -0.25) is 0 Å². The molecule has 1 nitrogen and oxygen atoms in total. The van der Waals surface area contributed by atoms with E-state index in [-0.39, 0.29) is 0 Å². The van der Waals surface area contributed by atoms with Crippen molar-refractivity contribution in [1.82, 2.24) is 0 Å². The fourth-order valence-corrected chi connectivity index (χ4v) is 1.01. The van der Waals surface area contributed by atoms with Crippen LogP contribution in [0.25, 0.3) is 0 Å². The summed E-state index contributed by atoms with van der Waals surface area (Å²) in [5.74, 6) is 2.94. The number of ether oxygens (including phenoxy) is 1. The third-order valence-electron chi connectivity index (χ3n) is 2.12. The topological polar surface area (TPSA) is 9.23 Å². The van der Waals surface area contributed by atoms with Crippen LogP contribution >= 0.6 is 0 Å². The minimum Gasteiger partial charge on any atom is -0.381 e. The molecule has 0 N–H and O–H groups in total. The molecular formula is C15H30O. The predicted molar refractivity (Wildman–Crippen MR) is 73.5 cm³/mol. The molecule has 1 heteroatoms. The molecule has 0 spiro atoms. The van der Waals surface area contributed by atoms with Gasteiger partial charge >= 0.3 is 0 Å². The van der Waals surface area contributed by atoms with Crippen LogP contribution in [0.1, 0.15) is 66.2 Å². The van der Waals surface area contributed by atoms with E-state index in [1.165, 1.54) is 38.5 Å². The van der Waals surface area contributed by atoms with Gasteiger partial charge < -0.3 is 4.74 Å². The maximum absolute atomic E-state index is 5.44. The number of hydrogen-bond acceptors (Lipinski definition) is 1. The molecule has 0 aliphatic rings. The van der Waals surface area contributed by atoms with Crippen molar-refractivity contribution in [3.8, 4) is 12.3 Å². The summed E-state index contributed by atoms with van der Waals surface area (Å²) >= 11 is 0. The Morgan fingerprint density at radius 3 is 1.56 bits per heavy atom. The second-order valence-electron chi connectivity index (χ2n) is 4.35. The predicted octanol–water partition coefficient (Wildman–Crippen LogP) is 4.66. The van der Waals surface area contributed by atoms with E-state index in [2.05, 4.69) is 19.8 Å². The van der Waals surface area contributed by atoms with Crippen LogP contribution in [0.15, 0.2) is 0 Å². The number of unbranched alkanes of at least 4 members (excludes halogenated alkanes) is 4. The van der Waals surface area contributed by atoms with Crippen LogP contribution in [0.3, 0.4) is 0 Å². The maximum Gasteiger partial charge on any atom is 0.0466 e. The summed E-state index contributed by atoms with van der Waals surface area (Å²) in [6.45, 7) is 10.4. The fraction of sp³-hybridized carbons (Fsp3) is 0.867. The van der Waals surface area contributed by atoms with Crippen molar-refractivity contribution in [2.24, 2.45) is 5.92 Å². The zero-order valence-corrected chi connectivity index (χ0v) is 11.7. The summed E-state index contributed by atoms with van der Waals surface area (Å²) in [6.07, 6.45) is 12.6. The first-order valence-corrected chi connectivity index (χ1v) is 6.72. The van der Waals surface area contributed by atoms with E-state index in [0.717, 1.165) is 13.2 Å². The summed E-state index contributed by atoms with van der Waals surface area (Å²) in [4.78, 5) is 0. The van der Waals surface area contributed by atoms with Crippen LogP contribution in [0.2, 0.25) is 0 Å². The molecule has 0 aliphatic carbocycles. The Kier molecular flexibility index (Phi) is 18.9. The standard InChI is InChI=1S/C10H22O.C5H8/c1-3-5-7-9-11-10-8-6-4-2;1-4-5(2)3/h3-10H2,1-2H3;1,5H,2-3H3. The lowest BCUT2D eigenvalue weighted by Gasteiger charge is -2.01. The van der Waals surface area contributed by atoms with Gasteiger partial charge in [0.25, 0.3) is 0 Å². The van der Waals surface area contributed by atoms with Gasteiger partial charge in [0.1, 0.15) is 0 Å². The van der Waals surface area contributed by atoms with Crippen molar-refractivity contribution in [3.05, 3.63) is 0 Å². The minimum absolute atomic E-state index is 0.412. The molecule has 96 valence electrons. The van der Waals surface area contributed by atoms with Crippen LogP contribution in [-0.4, -0.2) is 13.2 Å². The molecule has 0 aromatic carbocycles. The summed E-state index contributed by atoms with van der Waals surface area (Å²) in [6, 6.07) is 0. The SMILES string of the molecule is C#CC(C)C.CCCCCOCCCCC. The fourth-order valence-electron chi connectivity index (χ4n) is 1.01. The number of terminal acetylenes is 1. The zero-order chi connectivity index (χ0) is 12.6. The largest absolute Gasteiger partial charge is 0.381 e. The lowest BCUT2D eigenvalue weighted by atomic mass is 10.2. The van der Waals surface area contributed by atoms with Crippen molar-refractivity contribution in [1.29, 1.82) is 0 Å². The molecule has 0 amide bonds. The Morgan fingerprint density at radius 2 is 1.31 bits per heavy atom. The lowest BCUT2D eigenvalue weighted by molar-refractivity contribution is 0.126. The molecule has 0 rings (SSSR count). The Morgan fingerprint density at radius 1 is 0.938 bits per heavy atom. The van der Waals surface area contributed by atoms with Crippen LogP contribution in [-0.2, 0) is 4.74 Å². The molecule has 0 bridgehead atoms. The summed E-state index contributed by atoms with van der Waals surface area (Å²) in [5.41, 5.74) is 0. The highest BCUT2D eigenvalue weighted by Crippen LogP contribution is 1.97. The third-order valence-corrected chi connectivity index (χ3v) is 2.12. The Bertz CT molecular complexity index is 136. The quantitative estimate of drug-likeness (QED) is 0.432. The van der Waals surface area contributed by atoms with E-state index >= 15 is 0 Å². The molecule has 0 atom stereocenters. The molecule has 0 heterocycles. The smallest absolute Gasteiger partial charge is 0.0466 e. The van der Waals surface area contributed by atoms with E-state index in [1.807, 2.05) is 13.8 Å². The zero-order valence-electron chi connectivity index (χ0n) is 11.7. The Hall–Kier alpha value is -0.480. The first-order chi connectivity index (χ1) is 7.68. The highest BCUT2D eigenvalue weighted by atomic mass is 16.5. The number of hydrogen-bond donors (Lipinski definition) is 0. The summed E-state index contributed by atoms with van der Waals surface area (Å²) in [5, 5.41) is 0. The summed E-state index contributed by atoms with van der Waals surface area (Å²) < 4.78 is 5.44. The first kappa shape index (κ1) is 17.9. The average molecular weight is 226 g/mol. The maximum atomic E-state index is 5.44. The molecule has 0 aromatic rings. The van der Waals surface area contributed by atoms with E-state index in [1.54, 1.807) is 0 Å². The van der Waals surface area contributed by atoms with Crippen LogP contribution in [0, 0.1) is 18.3 Å². The van der Waals surface area contributed by atoms with Gasteiger partial charge in [0.2, 0.25) is 0 Å². The van der Waals surface area contributed by atoms with Gasteiger partial charge in [-0.15, -0.1) is 12.3 Å². The molecule has 0 saturated carbocycles. The van der Waals surface area contributed by atoms with Crippen molar-refractivity contribution in [2.75, 3.05) is 13.2 Å². The molecular weight excluding hydrogens is 196 g/mol. The lowest BCUT2D eigenvalue weighted by Crippen LogP contribution is -1.96. The summed E-state index contributed by atoms with van der Waals surface area (Å²) in [7, 11) is 0. The van der Waals surface area contributed by atoms with Crippen LogP contribution in [0.4, 0.5) is 0 Å². The molecule has 0 aliphatic heterocycles. The van der Waals surface area contributed by atoms with Gasteiger partial charge in [-0.1, -0.05) is 53.4 Å². The molecule has 0 aromatic heterocycles. The van der Waals surface area contributed by atoms with Crippen molar-refractivity contribution in [2.45, 2.75) is 66.2 Å². The second-order valence-corrected chi connectivity index (χ2v) is 4.35. The number of rotatable bonds is 8. The third kappa shape index (κ3) is 23.4. The molecule has 0 saturated heterocycles. The molecule has 0 unspecified atom stereocenters. The van der Waals surface area contributed by atoms with Crippen molar-refractivity contribution in [3.63, 3.8) is 0 Å². The van der Waals surface area contributed by atoms with E-state index in [9.17, 15) is 0 Å². The van der Waals surface area contributed by atoms with Gasteiger partial charge in [0.15, 0.2) is 0 Å². The Balaban J connectivity index is 0. The monoisotopic (exact) mass is 226 g/mol. The highest BCUT2D eigenvalue weighted by molar-refractivity contribution is 4.86. The van der Waals surface area contributed by atoms with E-state index < -0.39 is 0 Å². The van der Waals surface area contributed by atoms with E-state index in [4.69, 9.17) is 11.2 Å². The molecule has 16 heavy (non-hydrogen) atoms. The molecule has 0 radical (unpaired) electrons. The normalized spacial score (nSPS) is 9.50.